The molecule has 1 atom stereocenters. The SMILES string of the molecule is CCC(NC(=O)OC(C)(C)C)[C@]1(C2CCS(=O)(=O)CC2)CC[C@H](Oc2cc3ccnc(OC)c3cc2Cl)CC1. The number of benzene rings is 1. The number of nitrogens with zero attached hydrogens (tertiary/aromatic N) is 1. The highest BCUT2D eigenvalue weighted by atomic mass is 35.5. The van der Waals surface area contributed by atoms with Gasteiger partial charge in [0, 0.05) is 17.6 Å². The Hall–Kier alpha value is -2.26. The van der Waals surface area contributed by atoms with Crippen LogP contribution in [-0.2, 0) is 14.6 Å². The topological polar surface area (TPSA) is 104 Å². The number of amides is 1. The fourth-order valence-electron chi connectivity index (χ4n) is 6.43. The number of methoxy groups -OCH3 is 1. The van der Waals surface area contributed by atoms with Gasteiger partial charge in [0.2, 0.25) is 5.88 Å². The number of fused-ring (bicyclic) bond motifs is 1. The minimum atomic E-state index is -3.00. The fraction of sp³-hybridized carbons (Fsp3) is 0.655. The van der Waals surface area contributed by atoms with Crippen molar-refractivity contribution in [2.75, 3.05) is 18.6 Å². The van der Waals surface area contributed by atoms with Gasteiger partial charge < -0.3 is 19.5 Å². The second kappa shape index (κ2) is 11.7. The lowest BCUT2D eigenvalue weighted by molar-refractivity contribution is -0.00809. The number of pyridine rings is 1. The molecule has 1 aliphatic carbocycles. The summed E-state index contributed by atoms with van der Waals surface area (Å²) in [5.74, 6) is 1.74. The molecule has 1 aliphatic heterocycles. The Bertz CT molecular complexity index is 1270. The van der Waals surface area contributed by atoms with Gasteiger partial charge in [0.25, 0.3) is 0 Å². The summed E-state index contributed by atoms with van der Waals surface area (Å²) in [6.07, 6.45) is 6.40. The molecule has 1 saturated carbocycles. The smallest absolute Gasteiger partial charge is 0.407 e. The van der Waals surface area contributed by atoms with Crippen molar-refractivity contribution in [3.63, 3.8) is 0 Å². The summed E-state index contributed by atoms with van der Waals surface area (Å²) in [4.78, 5) is 17.1. The number of carbonyl (C=O) groups is 1. The molecule has 0 radical (unpaired) electrons. The first-order chi connectivity index (χ1) is 18.4. The second-order valence-corrected chi connectivity index (χ2v) is 14.6. The van der Waals surface area contributed by atoms with E-state index >= 15 is 0 Å². The van der Waals surface area contributed by atoms with Crippen LogP contribution in [0.2, 0.25) is 5.02 Å². The number of ether oxygens (including phenoxy) is 3. The fourth-order valence-corrected chi connectivity index (χ4v) is 8.13. The van der Waals surface area contributed by atoms with E-state index in [1.165, 1.54) is 0 Å². The average Bonchev–Trinajstić information content (AvgIpc) is 2.87. The first-order valence-electron chi connectivity index (χ1n) is 13.8. The van der Waals surface area contributed by atoms with Crippen LogP contribution in [0.4, 0.5) is 4.79 Å². The Balaban J connectivity index is 1.54. The van der Waals surface area contributed by atoms with Crippen molar-refractivity contribution in [2.45, 2.75) is 90.4 Å². The molecule has 39 heavy (non-hydrogen) atoms. The van der Waals surface area contributed by atoms with Crippen LogP contribution in [0.25, 0.3) is 10.8 Å². The zero-order valence-corrected chi connectivity index (χ0v) is 25.2. The molecule has 8 nitrogen and oxygen atoms in total. The number of aromatic nitrogens is 1. The van der Waals surface area contributed by atoms with E-state index in [1.807, 2.05) is 39.0 Å². The number of hydrogen-bond acceptors (Lipinski definition) is 7. The number of halogens is 1. The Morgan fingerprint density at radius 1 is 1.18 bits per heavy atom. The molecule has 2 heterocycles. The third kappa shape index (κ3) is 6.91. The first kappa shape index (κ1) is 29.7. The molecular formula is C29H41ClN2O6S. The lowest BCUT2D eigenvalue weighted by atomic mass is 9.59. The Morgan fingerprint density at radius 2 is 1.85 bits per heavy atom. The monoisotopic (exact) mass is 580 g/mol. The molecule has 216 valence electrons. The number of hydrogen-bond donors (Lipinski definition) is 1. The Labute approximate surface area is 237 Å². The zero-order valence-electron chi connectivity index (χ0n) is 23.6. The van der Waals surface area contributed by atoms with Crippen LogP contribution in [0.15, 0.2) is 24.4 Å². The number of carbonyl (C=O) groups excluding carboxylic acids is 1. The van der Waals surface area contributed by atoms with E-state index in [2.05, 4.69) is 17.2 Å². The molecule has 0 bridgehead atoms. The van der Waals surface area contributed by atoms with Gasteiger partial charge in [-0.05, 0) is 101 Å². The van der Waals surface area contributed by atoms with E-state index in [1.54, 1.807) is 13.3 Å². The van der Waals surface area contributed by atoms with Crippen LogP contribution in [-0.4, -0.2) is 55.9 Å². The first-order valence-corrected chi connectivity index (χ1v) is 16.0. The molecule has 1 N–H and O–H groups in total. The average molecular weight is 581 g/mol. The van der Waals surface area contributed by atoms with Crippen molar-refractivity contribution in [3.8, 4) is 11.6 Å². The molecule has 2 aromatic rings. The quantitative estimate of drug-likeness (QED) is 0.408. The summed E-state index contributed by atoms with van der Waals surface area (Å²) in [6, 6.07) is 5.53. The number of rotatable bonds is 7. The van der Waals surface area contributed by atoms with E-state index in [0.29, 0.717) is 29.5 Å². The normalized spacial score (nSPS) is 24.6. The predicted octanol–water partition coefficient (Wildman–Crippen LogP) is 6.33. The van der Waals surface area contributed by atoms with Gasteiger partial charge >= 0.3 is 6.09 Å². The minimum absolute atomic E-state index is 0.0387. The molecule has 0 spiro atoms. The van der Waals surface area contributed by atoms with Crippen molar-refractivity contribution in [1.82, 2.24) is 10.3 Å². The number of alkyl carbamates (subject to hydrolysis) is 1. The van der Waals surface area contributed by atoms with Crippen LogP contribution in [0.1, 0.15) is 72.6 Å². The summed E-state index contributed by atoms with van der Waals surface area (Å²) < 4.78 is 41.9. The van der Waals surface area contributed by atoms with Gasteiger partial charge in [-0.2, -0.15) is 0 Å². The van der Waals surface area contributed by atoms with E-state index in [4.69, 9.17) is 25.8 Å². The van der Waals surface area contributed by atoms with Gasteiger partial charge in [-0.15, -0.1) is 0 Å². The summed E-state index contributed by atoms with van der Waals surface area (Å²) in [5, 5.41) is 5.43. The predicted molar refractivity (Wildman–Crippen MR) is 153 cm³/mol. The number of sulfone groups is 1. The second-order valence-electron chi connectivity index (χ2n) is 11.9. The molecule has 2 fully saturated rings. The summed E-state index contributed by atoms with van der Waals surface area (Å²) in [7, 11) is -1.42. The largest absolute Gasteiger partial charge is 0.489 e. The maximum absolute atomic E-state index is 12.8. The van der Waals surface area contributed by atoms with Crippen molar-refractivity contribution in [2.24, 2.45) is 11.3 Å². The molecule has 1 aromatic carbocycles. The summed E-state index contributed by atoms with van der Waals surface area (Å²) >= 11 is 6.61. The van der Waals surface area contributed by atoms with Crippen molar-refractivity contribution in [1.29, 1.82) is 0 Å². The minimum Gasteiger partial charge on any atom is -0.489 e. The standard InChI is InChI=1S/C29H41ClN2O6S/c1-6-25(32-27(33)38-28(2,3)4)29(20-10-15-39(34,35)16-11-20)12-7-21(8-13-29)37-24-17-19-9-14-31-26(36-5)22(19)18-23(24)30/h9,14,17-18,20-21,25H,6-8,10-13,15-16H2,1-5H3,(H,32,33)/t21-,25?,29+. The Kier molecular flexibility index (Phi) is 8.91. The molecule has 10 heteroatoms. The highest BCUT2D eigenvalue weighted by Gasteiger charge is 2.49. The van der Waals surface area contributed by atoms with Crippen molar-refractivity contribution < 1.29 is 27.4 Å². The van der Waals surface area contributed by atoms with Crippen LogP contribution < -0.4 is 14.8 Å². The molecule has 1 amide bonds. The van der Waals surface area contributed by atoms with Gasteiger partial charge in [-0.1, -0.05) is 18.5 Å². The maximum atomic E-state index is 12.8. The maximum Gasteiger partial charge on any atom is 0.407 e. The van der Waals surface area contributed by atoms with Crippen molar-refractivity contribution >= 4 is 38.3 Å². The van der Waals surface area contributed by atoms with Gasteiger partial charge in [0.15, 0.2) is 0 Å². The van der Waals surface area contributed by atoms with Gasteiger partial charge in [-0.25, -0.2) is 18.2 Å². The molecule has 1 aromatic heterocycles. The highest BCUT2D eigenvalue weighted by Crippen LogP contribution is 2.51. The van der Waals surface area contributed by atoms with Crippen LogP contribution in [0.3, 0.4) is 0 Å². The molecular weight excluding hydrogens is 540 g/mol. The molecule has 1 unspecified atom stereocenters. The van der Waals surface area contributed by atoms with Crippen LogP contribution >= 0.6 is 11.6 Å². The molecule has 1 saturated heterocycles. The molecule has 4 rings (SSSR count). The third-order valence-corrected chi connectivity index (χ3v) is 10.3. The zero-order chi connectivity index (χ0) is 28.4. The lowest BCUT2D eigenvalue weighted by Crippen LogP contribution is -2.55. The Morgan fingerprint density at radius 3 is 2.44 bits per heavy atom. The van der Waals surface area contributed by atoms with Gasteiger partial charge in [0.05, 0.1) is 29.7 Å². The highest BCUT2D eigenvalue weighted by molar-refractivity contribution is 7.91. The number of nitrogens with one attached hydrogen (secondary N) is 1. The van der Waals surface area contributed by atoms with E-state index in [9.17, 15) is 13.2 Å². The van der Waals surface area contributed by atoms with Crippen LogP contribution in [0, 0.1) is 11.3 Å². The van der Waals surface area contributed by atoms with Gasteiger partial charge in [0.1, 0.15) is 21.2 Å². The molecule has 2 aliphatic rings. The summed E-state index contributed by atoms with van der Waals surface area (Å²) in [5.41, 5.74) is -0.827. The van der Waals surface area contributed by atoms with E-state index in [-0.39, 0.29) is 35.0 Å². The third-order valence-electron chi connectivity index (χ3n) is 8.29. The van der Waals surface area contributed by atoms with E-state index < -0.39 is 21.5 Å². The lowest BCUT2D eigenvalue weighted by Gasteiger charge is -2.51. The van der Waals surface area contributed by atoms with Crippen LogP contribution in [0.5, 0.6) is 11.6 Å². The summed E-state index contributed by atoms with van der Waals surface area (Å²) in [6.45, 7) is 7.62. The van der Waals surface area contributed by atoms with Crippen molar-refractivity contribution in [3.05, 3.63) is 29.4 Å². The van der Waals surface area contributed by atoms with Gasteiger partial charge in [-0.3, -0.25) is 0 Å². The van der Waals surface area contributed by atoms with E-state index in [0.717, 1.165) is 42.9 Å².